The molecule has 3 fully saturated rings. The van der Waals surface area contributed by atoms with Crippen molar-refractivity contribution in [3.8, 4) is 0 Å². The van der Waals surface area contributed by atoms with E-state index in [1.54, 1.807) is 12.2 Å². The molecule has 0 aliphatic carbocycles. The number of aliphatic hydroxyl groups is 11. The molecule has 19 heteroatoms. The molecule has 0 radical (unpaired) electrons. The molecule has 17 atom stereocenters. The molecule has 19 nitrogen and oxygen atoms in total. The zero-order valence-corrected chi connectivity index (χ0v) is 47.0. The minimum atomic E-state index is -1.99. The minimum Gasteiger partial charge on any atom is -0.394 e. The number of allylic oxidation sites excluding steroid dienone is 19. The molecule has 0 spiro atoms. The topological polar surface area (TPSA) is 307 Å². The van der Waals surface area contributed by atoms with Crippen molar-refractivity contribution in [1.29, 1.82) is 0 Å². The summed E-state index contributed by atoms with van der Waals surface area (Å²) in [6.45, 7) is 1.37. The van der Waals surface area contributed by atoms with Crippen molar-refractivity contribution in [3.05, 3.63) is 122 Å². The molecular formula is C61H97NO18. The van der Waals surface area contributed by atoms with Gasteiger partial charge in [0.05, 0.1) is 38.6 Å². The molecule has 3 heterocycles. The maximum atomic E-state index is 13.3. The van der Waals surface area contributed by atoms with Gasteiger partial charge < -0.3 is 89.9 Å². The Bertz CT molecular complexity index is 1930. The third-order valence-electron chi connectivity index (χ3n) is 13.5. The van der Waals surface area contributed by atoms with Gasteiger partial charge in [0, 0.05) is 6.42 Å². The van der Waals surface area contributed by atoms with E-state index in [0.717, 1.165) is 89.9 Å². The monoisotopic (exact) mass is 1130 g/mol. The second-order valence-electron chi connectivity index (χ2n) is 20.0. The molecule has 17 unspecified atom stereocenters. The first-order valence-electron chi connectivity index (χ1n) is 28.8. The van der Waals surface area contributed by atoms with Crippen LogP contribution in [-0.4, -0.2) is 193 Å². The molecule has 80 heavy (non-hydrogen) atoms. The summed E-state index contributed by atoms with van der Waals surface area (Å²) < 4.78 is 34.1. The Kier molecular flexibility index (Phi) is 37.8. The van der Waals surface area contributed by atoms with E-state index in [2.05, 4.69) is 129 Å². The summed E-state index contributed by atoms with van der Waals surface area (Å²) in [6, 6.07) is -1.02. The third kappa shape index (κ3) is 26.6. The zero-order chi connectivity index (χ0) is 58.3. The average Bonchev–Trinajstić information content (AvgIpc) is 3.47. The van der Waals surface area contributed by atoms with Gasteiger partial charge in [-0.1, -0.05) is 142 Å². The van der Waals surface area contributed by atoms with Crippen molar-refractivity contribution >= 4 is 5.91 Å². The van der Waals surface area contributed by atoms with Gasteiger partial charge in [-0.3, -0.25) is 4.79 Å². The van der Waals surface area contributed by atoms with Gasteiger partial charge in [-0.2, -0.15) is 0 Å². The first-order chi connectivity index (χ1) is 38.8. The molecule has 0 aromatic carbocycles. The lowest BCUT2D eigenvalue weighted by atomic mass is 9.96. The summed E-state index contributed by atoms with van der Waals surface area (Å²) >= 11 is 0. The number of unbranched alkanes of at least 4 members (excludes halogenated alkanes) is 5. The molecule has 12 N–H and O–H groups in total. The van der Waals surface area contributed by atoms with Crippen molar-refractivity contribution in [1.82, 2.24) is 5.32 Å². The number of nitrogens with one attached hydrogen (secondary N) is 1. The van der Waals surface area contributed by atoms with Gasteiger partial charge in [0.2, 0.25) is 5.91 Å². The van der Waals surface area contributed by atoms with Gasteiger partial charge in [0.25, 0.3) is 0 Å². The zero-order valence-electron chi connectivity index (χ0n) is 47.0. The first-order valence-corrected chi connectivity index (χ1v) is 28.8. The summed E-state index contributed by atoms with van der Waals surface area (Å²) in [5, 5.41) is 120. The number of carbonyl (C=O) groups is 1. The Labute approximate surface area is 474 Å². The van der Waals surface area contributed by atoms with E-state index in [-0.39, 0.29) is 12.3 Å². The standard InChI is InChI=1S/C61H97NO18/c1-3-5-7-9-11-13-15-16-17-18-19-20-21-22-23-24-25-26-27-28-29-31-33-35-37-39-49(67)62-44(45(66)38-36-34-32-30-14-12-10-8-6-4-2)43-75-59-55(73)52(70)57(47(41-64)77-59)80-61-56(74)53(71)58(48(42-65)78-61)79-60-54(72)51(69)50(68)46(40-63)76-60/h5-8,11,13-14,16-17,19-20,22-23,25-26,28-30,36,38,44-48,50-61,63-66,68-74H,3-4,9-10,12,15,18,21,24,27,31-35,37,39-43H2,1-2H3,(H,62,67)/b7-5-,8-6+,13-11-,17-16-,20-19-,23-22-,26-25-,29-28-,30-14+,38-36+. The van der Waals surface area contributed by atoms with E-state index >= 15 is 0 Å². The SMILES string of the molecule is CC/C=C\C/C=C\C/C=C\C/C=C\C/C=C\C/C=C\C/C=C\CCCCCC(=O)NC(COC1OC(CO)C(OC2OC(CO)C(OC3OC(CO)C(O)C(O)C3O)C(O)C2O)C(O)C1O)C(O)/C=C/CC/C=C/CC/C=C/CC. The van der Waals surface area contributed by atoms with E-state index < -0.39 is 131 Å². The maximum absolute atomic E-state index is 13.3. The molecule has 0 aromatic rings. The second-order valence-corrected chi connectivity index (χ2v) is 20.0. The molecule has 454 valence electrons. The second kappa shape index (κ2) is 42.9. The fraction of sp³-hybridized carbons (Fsp3) is 0.656. The van der Waals surface area contributed by atoms with Crippen LogP contribution in [0.2, 0.25) is 0 Å². The lowest BCUT2D eigenvalue weighted by Gasteiger charge is -2.48. The average molecular weight is 1130 g/mol. The normalized spacial score (nSPS) is 30.9. The van der Waals surface area contributed by atoms with Gasteiger partial charge in [-0.25, -0.2) is 0 Å². The molecule has 0 saturated carbocycles. The summed E-state index contributed by atoms with van der Waals surface area (Å²) in [6.07, 6.45) is 29.2. The van der Waals surface area contributed by atoms with Crippen molar-refractivity contribution in [2.45, 2.75) is 227 Å². The van der Waals surface area contributed by atoms with E-state index in [9.17, 15) is 61.0 Å². The Balaban J connectivity index is 1.49. The smallest absolute Gasteiger partial charge is 0.220 e. The summed E-state index contributed by atoms with van der Waals surface area (Å²) in [5.74, 6) is -0.332. The largest absolute Gasteiger partial charge is 0.394 e. The molecule has 3 aliphatic rings. The number of aliphatic hydroxyl groups excluding tert-OH is 11. The fourth-order valence-electron chi connectivity index (χ4n) is 8.79. The predicted octanol–water partition coefficient (Wildman–Crippen LogP) is 4.53. The highest BCUT2D eigenvalue weighted by molar-refractivity contribution is 5.76. The van der Waals surface area contributed by atoms with Gasteiger partial charge in [0.1, 0.15) is 73.2 Å². The van der Waals surface area contributed by atoms with Crippen molar-refractivity contribution in [2.75, 3.05) is 26.4 Å². The molecule has 3 aliphatic heterocycles. The molecule has 3 saturated heterocycles. The van der Waals surface area contributed by atoms with Crippen LogP contribution in [-0.2, 0) is 33.2 Å². The molecule has 0 aromatic heterocycles. The Morgan fingerprint density at radius 2 is 0.838 bits per heavy atom. The maximum Gasteiger partial charge on any atom is 0.220 e. The third-order valence-corrected chi connectivity index (χ3v) is 13.5. The van der Waals surface area contributed by atoms with Crippen LogP contribution in [0.25, 0.3) is 0 Å². The fourth-order valence-corrected chi connectivity index (χ4v) is 8.79. The van der Waals surface area contributed by atoms with Crippen LogP contribution >= 0.6 is 0 Å². The van der Waals surface area contributed by atoms with E-state index in [1.165, 1.54) is 0 Å². The van der Waals surface area contributed by atoms with Gasteiger partial charge in [-0.05, 0) is 96.3 Å². The molecule has 1 amide bonds. The van der Waals surface area contributed by atoms with E-state index in [4.69, 9.17) is 28.4 Å². The van der Waals surface area contributed by atoms with Gasteiger partial charge in [-0.15, -0.1) is 0 Å². The highest BCUT2D eigenvalue weighted by Crippen LogP contribution is 2.33. The van der Waals surface area contributed by atoms with Gasteiger partial charge >= 0.3 is 0 Å². The number of hydrogen-bond donors (Lipinski definition) is 12. The Hall–Kier alpha value is -3.81. The number of amides is 1. The van der Waals surface area contributed by atoms with Crippen molar-refractivity contribution in [2.24, 2.45) is 0 Å². The summed E-state index contributed by atoms with van der Waals surface area (Å²) in [5.41, 5.74) is 0. The minimum absolute atomic E-state index is 0.182. The highest BCUT2D eigenvalue weighted by Gasteiger charge is 2.53. The Morgan fingerprint density at radius 1 is 0.450 bits per heavy atom. The number of hydrogen-bond acceptors (Lipinski definition) is 18. The van der Waals surface area contributed by atoms with Crippen molar-refractivity contribution < 1.29 is 89.4 Å². The van der Waals surface area contributed by atoms with Crippen LogP contribution in [0.4, 0.5) is 0 Å². The quantitative estimate of drug-likeness (QED) is 0.0297. The summed E-state index contributed by atoms with van der Waals surface area (Å²) in [7, 11) is 0. The first kappa shape index (κ1) is 70.5. The predicted molar refractivity (Wildman–Crippen MR) is 304 cm³/mol. The van der Waals surface area contributed by atoms with Crippen LogP contribution in [0, 0.1) is 0 Å². The van der Waals surface area contributed by atoms with Crippen LogP contribution < -0.4 is 5.32 Å². The molecule has 3 rings (SSSR count). The lowest BCUT2D eigenvalue weighted by Crippen LogP contribution is -2.66. The van der Waals surface area contributed by atoms with Gasteiger partial charge in [0.15, 0.2) is 18.9 Å². The van der Waals surface area contributed by atoms with Crippen molar-refractivity contribution in [3.63, 3.8) is 0 Å². The van der Waals surface area contributed by atoms with Crippen LogP contribution in [0.3, 0.4) is 0 Å². The highest BCUT2D eigenvalue weighted by atomic mass is 16.8. The summed E-state index contributed by atoms with van der Waals surface area (Å²) in [4.78, 5) is 13.3. The number of rotatable bonds is 39. The Morgan fingerprint density at radius 3 is 1.32 bits per heavy atom. The molecule has 0 bridgehead atoms. The van der Waals surface area contributed by atoms with E-state index in [1.807, 2.05) is 0 Å². The number of ether oxygens (including phenoxy) is 6. The van der Waals surface area contributed by atoms with Crippen LogP contribution in [0.15, 0.2) is 122 Å². The van der Waals surface area contributed by atoms with E-state index in [0.29, 0.717) is 12.8 Å². The molecular weight excluding hydrogens is 1030 g/mol. The van der Waals surface area contributed by atoms with Crippen LogP contribution in [0.1, 0.15) is 123 Å². The lowest BCUT2D eigenvalue weighted by molar-refractivity contribution is -0.379. The number of carbonyl (C=O) groups excluding carboxylic acids is 1. The van der Waals surface area contributed by atoms with Crippen LogP contribution in [0.5, 0.6) is 0 Å².